The highest BCUT2D eigenvalue weighted by molar-refractivity contribution is 7.90. The van der Waals surface area contributed by atoms with E-state index in [4.69, 9.17) is 21.9 Å². The first-order valence-corrected chi connectivity index (χ1v) is 10.9. The van der Waals surface area contributed by atoms with E-state index in [1.165, 1.54) is 6.26 Å². The van der Waals surface area contributed by atoms with Crippen molar-refractivity contribution in [3.63, 3.8) is 0 Å². The molecule has 2 rings (SSSR count). The van der Waals surface area contributed by atoms with E-state index in [1.807, 2.05) is 6.92 Å². The Bertz CT molecular complexity index is 991. The molecule has 0 aliphatic rings. The summed E-state index contributed by atoms with van der Waals surface area (Å²) in [6, 6.07) is 3.48. The van der Waals surface area contributed by atoms with Gasteiger partial charge in [0.05, 0.1) is 28.5 Å². The second kappa shape index (κ2) is 8.29. The van der Waals surface area contributed by atoms with Gasteiger partial charge in [-0.1, -0.05) is 23.6 Å². The SMILES string of the molecule is CC[C@@](C)(N=[N+]=[N-])c1cc2cc(Cl)ncc2c(O[C@@H](C)CCS(C)(=O)=O)n1. The zero-order valence-corrected chi connectivity index (χ0v) is 17.3. The van der Waals surface area contributed by atoms with Crippen LogP contribution in [0.25, 0.3) is 21.2 Å². The summed E-state index contributed by atoms with van der Waals surface area (Å²) in [7, 11) is -3.09. The zero-order valence-electron chi connectivity index (χ0n) is 15.7. The van der Waals surface area contributed by atoms with Crippen LogP contribution in [0.15, 0.2) is 23.4 Å². The number of hydrogen-bond acceptors (Lipinski definition) is 6. The van der Waals surface area contributed by atoms with Crippen LogP contribution in [0, 0.1) is 0 Å². The Morgan fingerprint density at radius 3 is 2.74 bits per heavy atom. The summed E-state index contributed by atoms with van der Waals surface area (Å²) < 4.78 is 28.7. The smallest absolute Gasteiger partial charge is 0.223 e. The maximum absolute atomic E-state index is 11.4. The maximum atomic E-state index is 11.4. The van der Waals surface area contributed by atoms with Crippen LogP contribution in [-0.2, 0) is 15.4 Å². The summed E-state index contributed by atoms with van der Waals surface area (Å²) in [4.78, 5) is 11.6. The first kappa shape index (κ1) is 21.2. The Kier molecular flexibility index (Phi) is 6.51. The summed E-state index contributed by atoms with van der Waals surface area (Å²) in [5.74, 6) is 0.321. The molecule has 0 aliphatic heterocycles. The second-order valence-corrected chi connectivity index (χ2v) is 9.35. The van der Waals surface area contributed by atoms with Gasteiger partial charge in [-0.2, -0.15) is 0 Å². The lowest BCUT2D eigenvalue weighted by atomic mass is 9.94. The Morgan fingerprint density at radius 2 is 2.15 bits per heavy atom. The van der Waals surface area contributed by atoms with Gasteiger partial charge in [0.25, 0.3) is 0 Å². The Hall–Kier alpha value is -2.09. The van der Waals surface area contributed by atoms with Gasteiger partial charge in [-0.3, -0.25) is 0 Å². The van der Waals surface area contributed by atoms with Gasteiger partial charge < -0.3 is 4.74 Å². The fourth-order valence-corrected chi connectivity index (χ4v) is 3.41. The minimum Gasteiger partial charge on any atom is -0.474 e. The van der Waals surface area contributed by atoms with Crippen molar-refractivity contribution >= 4 is 32.2 Å². The van der Waals surface area contributed by atoms with E-state index in [1.54, 1.807) is 32.2 Å². The normalized spacial score (nSPS) is 15.0. The number of aromatic nitrogens is 2. The number of sulfone groups is 1. The van der Waals surface area contributed by atoms with E-state index in [0.717, 1.165) is 5.39 Å². The van der Waals surface area contributed by atoms with Crippen LogP contribution >= 0.6 is 11.6 Å². The van der Waals surface area contributed by atoms with Crippen LogP contribution in [0.5, 0.6) is 5.88 Å². The molecule has 0 amide bonds. The predicted octanol–water partition coefficient (Wildman–Crippen LogP) is 4.42. The van der Waals surface area contributed by atoms with Crippen molar-refractivity contribution in [3.05, 3.63) is 39.6 Å². The lowest BCUT2D eigenvalue weighted by molar-refractivity contribution is 0.210. The van der Waals surface area contributed by atoms with Crippen molar-refractivity contribution in [1.82, 2.24) is 9.97 Å². The standard InChI is InChI=1S/C17H22ClN5O3S/c1-5-17(3,22-23-19)14-8-12-9-15(18)20-10-13(12)16(21-14)26-11(2)6-7-27(4,24)25/h8-11H,5-7H2,1-4H3/t11-,17+/m0/s1. The zero-order chi connectivity index (χ0) is 20.2. The molecule has 0 N–H and O–H groups in total. The lowest BCUT2D eigenvalue weighted by Gasteiger charge is -2.23. The van der Waals surface area contributed by atoms with E-state index < -0.39 is 15.4 Å². The van der Waals surface area contributed by atoms with Gasteiger partial charge in [0, 0.05) is 17.4 Å². The van der Waals surface area contributed by atoms with Gasteiger partial charge in [-0.05, 0) is 49.7 Å². The van der Waals surface area contributed by atoms with Crippen molar-refractivity contribution in [3.8, 4) is 5.88 Å². The first-order chi connectivity index (χ1) is 12.6. The van der Waals surface area contributed by atoms with Gasteiger partial charge in [0.2, 0.25) is 5.88 Å². The van der Waals surface area contributed by atoms with E-state index in [0.29, 0.717) is 35.0 Å². The van der Waals surface area contributed by atoms with Crippen molar-refractivity contribution in [2.24, 2.45) is 5.11 Å². The minimum atomic E-state index is -3.09. The molecule has 0 aliphatic carbocycles. The molecule has 0 saturated heterocycles. The first-order valence-electron chi connectivity index (χ1n) is 8.45. The van der Waals surface area contributed by atoms with E-state index in [9.17, 15) is 8.42 Å². The van der Waals surface area contributed by atoms with Gasteiger partial charge in [0.15, 0.2) is 0 Å². The molecule has 0 spiro atoms. The number of halogens is 1. The van der Waals surface area contributed by atoms with Crippen molar-refractivity contribution in [1.29, 1.82) is 0 Å². The highest BCUT2D eigenvalue weighted by Gasteiger charge is 2.27. The summed E-state index contributed by atoms with van der Waals surface area (Å²) in [5, 5.41) is 5.61. The maximum Gasteiger partial charge on any atom is 0.223 e. The van der Waals surface area contributed by atoms with Crippen LogP contribution in [0.3, 0.4) is 0 Å². The van der Waals surface area contributed by atoms with Crippen LogP contribution < -0.4 is 4.74 Å². The molecule has 0 fully saturated rings. The highest BCUT2D eigenvalue weighted by Crippen LogP contribution is 2.34. The Morgan fingerprint density at radius 1 is 1.44 bits per heavy atom. The molecule has 2 atom stereocenters. The largest absolute Gasteiger partial charge is 0.474 e. The van der Waals surface area contributed by atoms with Gasteiger partial charge in [0.1, 0.15) is 15.0 Å². The van der Waals surface area contributed by atoms with Crippen molar-refractivity contribution in [2.75, 3.05) is 12.0 Å². The molecule has 146 valence electrons. The lowest BCUT2D eigenvalue weighted by Crippen LogP contribution is -2.21. The fraction of sp³-hybridized carbons (Fsp3) is 0.529. The quantitative estimate of drug-likeness (QED) is 0.275. The number of azide groups is 1. The molecular weight excluding hydrogens is 390 g/mol. The van der Waals surface area contributed by atoms with Gasteiger partial charge in [-0.15, -0.1) is 0 Å². The third-order valence-corrected chi connectivity index (χ3v) is 5.54. The number of pyridine rings is 2. The number of hydrogen-bond donors (Lipinski definition) is 0. The topological polar surface area (TPSA) is 118 Å². The molecule has 2 aromatic rings. The molecule has 0 saturated carbocycles. The molecule has 0 aromatic carbocycles. The molecule has 2 heterocycles. The molecule has 8 nitrogen and oxygen atoms in total. The summed E-state index contributed by atoms with van der Waals surface area (Å²) in [6.07, 6.45) is 3.23. The van der Waals surface area contributed by atoms with E-state index in [2.05, 4.69) is 20.0 Å². The van der Waals surface area contributed by atoms with Crippen molar-refractivity contribution < 1.29 is 13.2 Å². The average Bonchev–Trinajstić information content (AvgIpc) is 2.59. The van der Waals surface area contributed by atoms with Gasteiger partial charge >= 0.3 is 0 Å². The molecule has 0 unspecified atom stereocenters. The van der Waals surface area contributed by atoms with Crippen LogP contribution in [0.2, 0.25) is 5.15 Å². The average molecular weight is 412 g/mol. The highest BCUT2D eigenvalue weighted by atomic mass is 35.5. The third-order valence-electron chi connectivity index (χ3n) is 4.36. The van der Waals surface area contributed by atoms with Crippen LogP contribution in [0.4, 0.5) is 0 Å². The molecule has 2 aromatic heterocycles. The number of ether oxygens (including phenoxy) is 1. The molecular formula is C17H22ClN5O3S. The molecule has 10 heteroatoms. The van der Waals surface area contributed by atoms with E-state index >= 15 is 0 Å². The van der Waals surface area contributed by atoms with Gasteiger partial charge in [-0.25, -0.2) is 18.4 Å². The molecule has 0 radical (unpaired) electrons. The predicted molar refractivity (Wildman–Crippen MR) is 106 cm³/mol. The Labute approximate surface area is 163 Å². The summed E-state index contributed by atoms with van der Waals surface area (Å²) in [6.45, 7) is 5.47. The number of nitrogens with zero attached hydrogens (tertiary/aromatic N) is 5. The fourth-order valence-electron chi connectivity index (χ4n) is 2.49. The Balaban J connectivity index is 2.51. The monoisotopic (exact) mass is 411 g/mol. The molecule has 27 heavy (non-hydrogen) atoms. The third kappa shape index (κ3) is 5.45. The second-order valence-electron chi connectivity index (χ2n) is 6.70. The number of rotatable bonds is 8. The van der Waals surface area contributed by atoms with Crippen LogP contribution in [-0.4, -0.2) is 36.5 Å². The molecule has 0 bridgehead atoms. The summed E-state index contributed by atoms with van der Waals surface area (Å²) in [5.41, 5.74) is 8.61. The number of fused-ring (bicyclic) bond motifs is 1. The summed E-state index contributed by atoms with van der Waals surface area (Å²) >= 11 is 6.02. The van der Waals surface area contributed by atoms with E-state index in [-0.39, 0.29) is 11.9 Å². The van der Waals surface area contributed by atoms with Crippen molar-refractivity contribution in [2.45, 2.75) is 45.3 Å². The minimum absolute atomic E-state index is 0.0151. The van der Waals surface area contributed by atoms with Crippen LogP contribution in [0.1, 0.15) is 39.3 Å².